The van der Waals surface area contributed by atoms with E-state index in [4.69, 9.17) is 9.40 Å². The van der Waals surface area contributed by atoms with Crippen LogP contribution in [0.15, 0.2) is 108 Å². The number of likely N-dealkylation sites (tertiary alicyclic amines) is 2. The van der Waals surface area contributed by atoms with Gasteiger partial charge in [-0.05, 0) is 93.6 Å². The Morgan fingerprint density at radius 3 is 2.28 bits per heavy atom. The van der Waals surface area contributed by atoms with Gasteiger partial charge in [-0.3, -0.25) is 9.59 Å². The van der Waals surface area contributed by atoms with Crippen LogP contribution in [-0.4, -0.2) is 57.2 Å². The van der Waals surface area contributed by atoms with Crippen molar-refractivity contribution in [3.8, 4) is 0 Å². The third-order valence-electron chi connectivity index (χ3n) is 10.1. The van der Waals surface area contributed by atoms with Crippen molar-refractivity contribution in [2.24, 2.45) is 11.3 Å². The predicted octanol–water partition coefficient (Wildman–Crippen LogP) is 7.01. The molecule has 1 unspecified atom stereocenters. The molecule has 7 rings (SSSR count). The number of hydrogen-bond acceptors (Lipinski definition) is 5. The minimum Gasteiger partial charge on any atom is -0.467 e. The third kappa shape index (κ3) is 6.42. The van der Waals surface area contributed by atoms with Crippen molar-refractivity contribution in [1.82, 2.24) is 19.4 Å². The zero-order valence-electron chi connectivity index (χ0n) is 26.4. The molecule has 0 spiro atoms. The summed E-state index contributed by atoms with van der Waals surface area (Å²) >= 11 is 0. The van der Waals surface area contributed by atoms with E-state index in [-0.39, 0.29) is 17.6 Å². The molecule has 3 aromatic carbocycles. The van der Waals surface area contributed by atoms with Gasteiger partial charge in [-0.25, -0.2) is 4.98 Å². The first kappa shape index (κ1) is 30.2. The quantitative estimate of drug-likeness (QED) is 0.150. The highest BCUT2D eigenvalue weighted by molar-refractivity contribution is 5.98. The van der Waals surface area contributed by atoms with Gasteiger partial charge in [0.1, 0.15) is 5.76 Å². The van der Waals surface area contributed by atoms with Crippen LogP contribution in [0.25, 0.3) is 11.0 Å². The second-order valence-corrected chi connectivity index (χ2v) is 13.1. The van der Waals surface area contributed by atoms with Crippen molar-refractivity contribution in [3.05, 3.63) is 126 Å². The van der Waals surface area contributed by atoms with Gasteiger partial charge in [0, 0.05) is 19.0 Å². The third-order valence-corrected chi connectivity index (χ3v) is 10.1. The van der Waals surface area contributed by atoms with Crippen LogP contribution >= 0.6 is 0 Å². The molecule has 236 valence electrons. The second-order valence-electron chi connectivity index (χ2n) is 13.1. The van der Waals surface area contributed by atoms with Crippen molar-refractivity contribution in [3.63, 3.8) is 0 Å². The van der Waals surface area contributed by atoms with Gasteiger partial charge in [0.25, 0.3) is 0 Å². The zero-order chi connectivity index (χ0) is 31.3. The predicted molar refractivity (Wildman–Crippen MR) is 179 cm³/mol. The fraction of sp³-hybridized carbons (Fsp3) is 0.359. The van der Waals surface area contributed by atoms with Crippen LogP contribution < -0.4 is 0 Å². The highest BCUT2D eigenvalue weighted by atomic mass is 16.3. The number of hydrogen-bond donors (Lipinski definition) is 0. The summed E-state index contributed by atoms with van der Waals surface area (Å²) in [5.41, 5.74) is 3.76. The fourth-order valence-electron chi connectivity index (χ4n) is 7.53. The van der Waals surface area contributed by atoms with Crippen LogP contribution in [-0.2, 0) is 24.3 Å². The average molecular weight is 615 g/mol. The summed E-state index contributed by atoms with van der Waals surface area (Å²) < 4.78 is 7.63. The Kier molecular flexibility index (Phi) is 8.84. The standard InChI is InChI=1S/C39H42N4O3/c44-36(37-40-34-16-7-8-17-35(34)43(37)29-33-15-9-26-46-33)32-18-23-41(24-19-32)25-21-39(27-30-11-3-1-4-12-30)20-10-22-42(38(39)45)28-31-13-5-2-6-14-31/h1-9,11-17,26,32H,10,18-25,27-29H2. The first-order valence-corrected chi connectivity index (χ1v) is 16.7. The summed E-state index contributed by atoms with van der Waals surface area (Å²) in [5.74, 6) is 1.65. The number of benzene rings is 3. The SMILES string of the molecule is O=C(c1nc2ccccc2n1Cc1ccco1)C1CCN(CCC2(Cc3ccccc3)CCCN(Cc3ccccc3)C2=O)CC1. The van der Waals surface area contributed by atoms with E-state index in [2.05, 4.69) is 46.2 Å². The lowest BCUT2D eigenvalue weighted by atomic mass is 9.71. The smallest absolute Gasteiger partial charge is 0.229 e. The first-order valence-electron chi connectivity index (χ1n) is 16.7. The number of ketones is 1. The van der Waals surface area contributed by atoms with Gasteiger partial charge in [0.2, 0.25) is 11.7 Å². The molecule has 7 heteroatoms. The summed E-state index contributed by atoms with van der Waals surface area (Å²) in [7, 11) is 0. The Hall–Kier alpha value is -4.49. The molecule has 1 atom stereocenters. The van der Waals surface area contributed by atoms with Crippen LogP contribution in [0.1, 0.15) is 59.6 Å². The van der Waals surface area contributed by atoms with E-state index >= 15 is 0 Å². The largest absolute Gasteiger partial charge is 0.467 e. The number of para-hydroxylation sites is 2. The summed E-state index contributed by atoms with van der Waals surface area (Å²) in [6, 6.07) is 32.6. The molecule has 0 bridgehead atoms. The van der Waals surface area contributed by atoms with E-state index in [1.807, 2.05) is 65.2 Å². The monoisotopic (exact) mass is 614 g/mol. The number of carbonyl (C=O) groups is 2. The maximum Gasteiger partial charge on any atom is 0.229 e. The molecule has 2 saturated heterocycles. The van der Waals surface area contributed by atoms with E-state index in [0.29, 0.717) is 18.9 Å². The summed E-state index contributed by atoms with van der Waals surface area (Å²) in [5, 5.41) is 0. The van der Waals surface area contributed by atoms with Crippen LogP contribution in [0.4, 0.5) is 0 Å². The average Bonchev–Trinajstić information content (AvgIpc) is 3.75. The van der Waals surface area contributed by atoms with E-state index < -0.39 is 5.41 Å². The number of furan rings is 1. The Balaban J connectivity index is 1.03. The maximum absolute atomic E-state index is 14.3. The second kappa shape index (κ2) is 13.5. The lowest BCUT2D eigenvalue weighted by molar-refractivity contribution is -0.148. The van der Waals surface area contributed by atoms with E-state index in [0.717, 1.165) is 81.5 Å². The van der Waals surface area contributed by atoms with Gasteiger partial charge < -0.3 is 18.8 Å². The number of amides is 1. The van der Waals surface area contributed by atoms with Gasteiger partial charge in [0.15, 0.2) is 5.82 Å². The Bertz CT molecular complexity index is 1760. The maximum atomic E-state index is 14.3. The number of piperidine rings is 2. The van der Waals surface area contributed by atoms with Crippen molar-refractivity contribution in [1.29, 1.82) is 0 Å². The highest BCUT2D eigenvalue weighted by Crippen LogP contribution is 2.39. The molecule has 0 N–H and O–H groups in total. The molecule has 7 nitrogen and oxygen atoms in total. The van der Waals surface area contributed by atoms with Crippen LogP contribution in [0.5, 0.6) is 0 Å². The highest BCUT2D eigenvalue weighted by Gasteiger charge is 2.44. The van der Waals surface area contributed by atoms with E-state index in [9.17, 15) is 9.59 Å². The lowest BCUT2D eigenvalue weighted by Crippen LogP contribution is -2.51. The normalized spacial score (nSPS) is 19.6. The van der Waals surface area contributed by atoms with E-state index in [1.165, 1.54) is 11.1 Å². The van der Waals surface area contributed by atoms with Crippen LogP contribution in [0, 0.1) is 11.3 Å². The number of fused-ring (bicyclic) bond motifs is 1. The van der Waals surface area contributed by atoms with Gasteiger partial charge in [-0.15, -0.1) is 0 Å². The summed E-state index contributed by atoms with van der Waals surface area (Å²) in [6.45, 7) is 4.50. The Labute approximate surface area is 270 Å². The van der Waals surface area contributed by atoms with Crippen molar-refractivity contribution in [2.75, 3.05) is 26.2 Å². The topological polar surface area (TPSA) is 71.6 Å². The number of rotatable bonds is 11. The Morgan fingerprint density at radius 1 is 0.826 bits per heavy atom. The molecule has 0 radical (unpaired) electrons. The summed E-state index contributed by atoms with van der Waals surface area (Å²) in [6.07, 6.45) is 6.76. The van der Waals surface area contributed by atoms with Gasteiger partial charge in [-0.2, -0.15) is 0 Å². The zero-order valence-corrected chi connectivity index (χ0v) is 26.4. The van der Waals surface area contributed by atoms with Crippen molar-refractivity contribution < 1.29 is 14.0 Å². The van der Waals surface area contributed by atoms with Crippen molar-refractivity contribution in [2.45, 2.75) is 51.6 Å². The number of aromatic nitrogens is 2. The fourth-order valence-corrected chi connectivity index (χ4v) is 7.53. The van der Waals surface area contributed by atoms with Crippen LogP contribution in [0.2, 0.25) is 0 Å². The van der Waals surface area contributed by atoms with Crippen molar-refractivity contribution >= 4 is 22.7 Å². The molecule has 2 fully saturated rings. The molecule has 46 heavy (non-hydrogen) atoms. The Morgan fingerprint density at radius 2 is 1.54 bits per heavy atom. The molecule has 0 saturated carbocycles. The minimum absolute atomic E-state index is 0.0700. The molecule has 1 amide bonds. The van der Waals surface area contributed by atoms with Gasteiger partial charge >= 0.3 is 0 Å². The molecular weight excluding hydrogens is 572 g/mol. The number of carbonyl (C=O) groups excluding carboxylic acids is 2. The van der Waals surface area contributed by atoms with Crippen LogP contribution in [0.3, 0.4) is 0 Å². The minimum atomic E-state index is -0.419. The molecule has 0 aliphatic carbocycles. The van der Waals surface area contributed by atoms with Gasteiger partial charge in [-0.1, -0.05) is 72.8 Å². The number of Topliss-reactive ketones (excluding diaryl/α,β-unsaturated/α-hetero) is 1. The number of imidazole rings is 1. The molecule has 5 aromatic rings. The molecular formula is C39H42N4O3. The molecule has 2 aliphatic rings. The molecule has 4 heterocycles. The number of nitrogens with zero attached hydrogens (tertiary/aromatic N) is 4. The summed E-state index contributed by atoms with van der Waals surface area (Å²) in [4.78, 5) is 37.6. The molecule has 2 aromatic heterocycles. The molecule has 2 aliphatic heterocycles. The lowest BCUT2D eigenvalue weighted by Gasteiger charge is -2.43. The van der Waals surface area contributed by atoms with E-state index in [1.54, 1.807) is 6.26 Å². The van der Waals surface area contributed by atoms with Gasteiger partial charge in [0.05, 0.1) is 29.3 Å². The first-order chi connectivity index (χ1) is 22.6.